The van der Waals surface area contributed by atoms with Crippen molar-refractivity contribution in [1.82, 2.24) is 9.80 Å². The van der Waals surface area contributed by atoms with E-state index in [1.165, 1.54) is 18.6 Å². The molecule has 1 heterocycles. The van der Waals surface area contributed by atoms with Gasteiger partial charge in [0.05, 0.1) is 11.2 Å². The Kier molecular flexibility index (Phi) is 11.4. The van der Waals surface area contributed by atoms with E-state index in [2.05, 4.69) is 16.8 Å². The zero-order chi connectivity index (χ0) is 24.2. The van der Waals surface area contributed by atoms with Crippen molar-refractivity contribution in [3.8, 4) is 5.75 Å². The molecule has 2 fully saturated rings. The summed E-state index contributed by atoms with van der Waals surface area (Å²) in [7, 11) is 2.15. The van der Waals surface area contributed by atoms with Crippen LogP contribution in [0.3, 0.4) is 0 Å². The number of likely N-dealkylation sites (N-methyl/N-ethyl adjacent to an activating group) is 1. The summed E-state index contributed by atoms with van der Waals surface area (Å²) in [6, 6.07) is 12.9. The van der Waals surface area contributed by atoms with Crippen molar-refractivity contribution in [2.75, 3.05) is 39.8 Å². The van der Waals surface area contributed by atoms with Crippen LogP contribution in [-0.2, 0) is 12.8 Å². The maximum absolute atomic E-state index is 12.7. The zero-order valence-corrected chi connectivity index (χ0v) is 22.3. The molecule has 0 radical (unpaired) electrons. The first-order valence-electron chi connectivity index (χ1n) is 12.3. The molecule has 0 amide bonds. The summed E-state index contributed by atoms with van der Waals surface area (Å²) in [4.78, 5) is 4.80. The SMILES string of the molecule is CN1CCN(CC(c2ccc(OCc3ccc(C(F)(F)F)cc3)cc2)C2(O)CCCCC2)CC1.Cl.Cl. The first-order chi connectivity index (χ1) is 16.2. The molecule has 1 unspecified atom stereocenters. The van der Waals surface area contributed by atoms with Crippen LogP contribution < -0.4 is 4.74 Å². The molecule has 9 heteroatoms. The van der Waals surface area contributed by atoms with Crippen molar-refractivity contribution in [1.29, 1.82) is 0 Å². The number of benzene rings is 2. The molecule has 1 saturated carbocycles. The molecule has 1 aliphatic carbocycles. The number of piperazine rings is 1. The molecule has 202 valence electrons. The van der Waals surface area contributed by atoms with E-state index in [0.717, 1.165) is 76.1 Å². The van der Waals surface area contributed by atoms with Gasteiger partial charge in [0.25, 0.3) is 0 Å². The first-order valence-corrected chi connectivity index (χ1v) is 12.3. The number of rotatable bonds is 7. The van der Waals surface area contributed by atoms with Gasteiger partial charge < -0.3 is 19.6 Å². The summed E-state index contributed by atoms with van der Waals surface area (Å²) in [5, 5.41) is 11.6. The molecule has 4 rings (SSSR count). The second kappa shape index (κ2) is 13.3. The largest absolute Gasteiger partial charge is 0.489 e. The Morgan fingerprint density at radius 3 is 2.03 bits per heavy atom. The summed E-state index contributed by atoms with van der Waals surface area (Å²) < 4.78 is 44.1. The predicted octanol–water partition coefficient (Wildman–Crippen LogP) is 6.15. The van der Waals surface area contributed by atoms with Crippen LogP contribution in [0.5, 0.6) is 5.75 Å². The lowest BCUT2D eigenvalue weighted by molar-refractivity contribution is -0.137. The molecular weight excluding hydrogens is 512 g/mol. The summed E-state index contributed by atoms with van der Waals surface area (Å²) in [6.07, 6.45) is 0.627. The molecule has 2 aromatic rings. The monoisotopic (exact) mass is 548 g/mol. The lowest BCUT2D eigenvalue weighted by Crippen LogP contribution is -2.50. The molecule has 1 aliphatic heterocycles. The van der Waals surface area contributed by atoms with E-state index in [-0.39, 0.29) is 37.3 Å². The van der Waals surface area contributed by atoms with E-state index >= 15 is 0 Å². The minimum Gasteiger partial charge on any atom is -0.489 e. The minimum absolute atomic E-state index is 0. The quantitative estimate of drug-likeness (QED) is 0.449. The number of aliphatic hydroxyl groups is 1. The molecule has 2 aliphatic rings. The molecule has 36 heavy (non-hydrogen) atoms. The Bertz CT molecular complexity index is 912. The van der Waals surface area contributed by atoms with Crippen LogP contribution in [-0.4, -0.2) is 60.3 Å². The number of ether oxygens (including phenoxy) is 1. The third kappa shape index (κ3) is 7.99. The van der Waals surface area contributed by atoms with Crippen LogP contribution in [0, 0.1) is 0 Å². The second-order valence-electron chi connectivity index (χ2n) is 9.87. The van der Waals surface area contributed by atoms with E-state index in [1.807, 2.05) is 24.3 Å². The van der Waals surface area contributed by atoms with Gasteiger partial charge in [0, 0.05) is 38.6 Å². The Balaban J connectivity index is 0.00000228. The van der Waals surface area contributed by atoms with Crippen molar-refractivity contribution >= 4 is 24.8 Å². The predicted molar refractivity (Wildman–Crippen MR) is 141 cm³/mol. The highest BCUT2D eigenvalue weighted by molar-refractivity contribution is 5.85. The smallest absolute Gasteiger partial charge is 0.416 e. The summed E-state index contributed by atoms with van der Waals surface area (Å²) in [5.74, 6) is 0.706. The lowest BCUT2D eigenvalue weighted by Gasteiger charge is -2.43. The van der Waals surface area contributed by atoms with Gasteiger partial charge in [0.15, 0.2) is 0 Å². The topological polar surface area (TPSA) is 35.9 Å². The van der Waals surface area contributed by atoms with Crippen molar-refractivity contribution in [3.05, 3.63) is 65.2 Å². The minimum atomic E-state index is -4.34. The molecular formula is C27H37Cl2F3N2O2. The number of nitrogens with zero attached hydrogens (tertiary/aromatic N) is 2. The van der Waals surface area contributed by atoms with Crippen LogP contribution in [0.2, 0.25) is 0 Å². The average Bonchev–Trinajstić information content (AvgIpc) is 2.83. The number of hydrogen-bond donors (Lipinski definition) is 1. The van der Waals surface area contributed by atoms with Gasteiger partial charge in [-0.2, -0.15) is 13.2 Å². The van der Waals surface area contributed by atoms with Gasteiger partial charge in [-0.05, 0) is 55.3 Å². The average molecular weight is 550 g/mol. The van der Waals surface area contributed by atoms with E-state index in [4.69, 9.17) is 4.74 Å². The van der Waals surface area contributed by atoms with Crippen molar-refractivity contribution < 1.29 is 23.0 Å². The van der Waals surface area contributed by atoms with Crippen molar-refractivity contribution in [3.63, 3.8) is 0 Å². The molecule has 0 aromatic heterocycles. The van der Waals surface area contributed by atoms with Gasteiger partial charge in [-0.15, -0.1) is 24.8 Å². The normalized spacial score (nSPS) is 19.6. The van der Waals surface area contributed by atoms with Gasteiger partial charge in [-0.3, -0.25) is 0 Å². The van der Waals surface area contributed by atoms with Gasteiger partial charge >= 0.3 is 6.18 Å². The number of alkyl halides is 3. The maximum atomic E-state index is 12.7. The third-order valence-corrected chi connectivity index (χ3v) is 7.37. The van der Waals surface area contributed by atoms with Crippen molar-refractivity contribution in [2.45, 2.75) is 56.4 Å². The Morgan fingerprint density at radius 2 is 1.47 bits per heavy atom. The van der Waals surface area contributed by atoms with Crippen LogP contribution in [0.4, 0.5) is 13.2 Å². The zero-order valence-electron chi connectivity index (χ0n) is 20.7. The number of halogens is 5. The Hall–Kier alpha value is -1.51. The molecule has 1 saturated heterocycles. The van der Waals surface area contributed by atoms with E-state index in [1.54, 1.807) is 0 Å². The third-order valence-electron chi connectivity index (χ3n) is 7.37. The van der Waals surface area contributed by atoms with Crippen LogP contribution >= 0.6 is 24.8 Å². The number of hydrogen-bond acceptors (Lipinski definition) is 4. The van der Waals surface area contributed by atoms with Crippen LogP contribution in [0.1, 0.15) is 54.7 Å². The Morgan fingerprint density at radius 1 is 0.889 bits per heavy atom. The Labute approximate surface area is 224 Å². The van der Waals surface area contributed by atoms with Gasteiger partial charge in [0.1, 0.15) is 12.4 Å². The summed E-state index contributed by atoms with van der Waals surface area (Å²) in [6.45, 7) is 5.15. The second-order valence-corrected chi connectivity index (χ2v) is 9.87. The highest BCUT2D eigenvalue weighted by atomic mass is 35.5. The molecule has 0 spiro atoms. The van der Waals surface area contributed by atoms with Crippen LogP contribution in [0.25, 0.3) is 0 Å². The fourth-order valence-corrected chi connectivity index (χ4v) is 5.14. The molecule has 1 N–H and O–H groups in total. The lowest BCUT2D eigenvalue weighted by atomic mass is 9.72. The van der Waals surface area contributed by atoms with Crippen molar-refractivity contribution in [2.24, 2.45) is 0 Å². The highest BCUT2D eigenvalue weighted by Gasteiger charge is 2.39. The van der Waals surface area contributed by atoms with E-state index in [9.17, 15) is 18.3 Å². The molecule has 1 atom stereocenters. The van der Waals surface area contributed by atoms with Crippen LogP contribution in [0.15, 0.2) is 48.5 Å². The first kappa shape index (κ1) is 30.7. The maximum Gasteiger partial charge on any atom is 0.416 e. The van der Waals surface area contributed by atoms with Gasteiger partial charge in [-0.1, -0.05) is 43.5 Å². The molecule has 4 nitrogen and oxygen atoms in total. The fourth-order valence-electron chi connectivity index (χ4n) is 5.14. The van der Waals surface area contributed by atoms with Gasteiger partial charge in [0.2, 0.25) is 0 Å². The molecule has 2 aromatic carbocycles. The summed E-state index contributed by atoms with van der Waals surface area (Å²) >= 11 is 0. The molecule has 0 bridgehead atoms. The summed E-state index contributed by atoms with van der Waals surface area (Å²) in [5.41, 5.74) is 0.448. The van der Waals surface area contributed by atoms with E-state index < -0.39 is 17.3 Å². The van der Waals surface area contributed by atoms with Gasteiger partial charge in [-0.25, -0.2) is 0 Å². The van der Waals surface area contributed by atoms with E-state index in [0.29, 0.717) is 11.3 Å². The fraction of sp³-hybridized carbons (Fsp3) is 0.556. The standard InChI is InChI=1S/C27H35F3N2O2.2ClH/c1-31-15-17-32(18-16-31)19-25(26(33)13-3-2-4-14-26)22-7-11-24(12-8-22)34-20-21-5-9-23(10-6-21)27(28,29)30;;/h5-12,25,33H,2-4,13-20H2,1H3;2*1H. The highest BCUT2D eigenvalue weighted by Crippen LogP contribution is 2.41.